The van der Waals surface area contributed by atoms with E-state index < -0.39 is 66.6 Å². The van der Waals surface area contributed by atoms with Crippen molar-refractivity contribution in [3.63, 3.8) is 0 Å². The molecule has 0 bridgehead atoms. The fraction of sp³-hybridized carbons (Fsp3) is 0.565. The smallest absolute Gasteiger partial charge is 0.410 e. The quantitative estimate of drug-likeness (QED) is 0.395. The zero-order valence-electron chi connectivity index (χ0n) is 20.6. The van der Waals surface area contributed by atoms with Gasteiger partial charge in [-0.05, 0) is 45.4 Å². The van der Waals surface area contributed by atoms with Crippen LogP contribution in [0.3, 0.4) is 0 Å². The van der Waals surface area contributed by atoms with Crippen LogP contribution in [-0.4, -0.2) is 83.7 Å². The van der Waals surface area contributed by atoms with Crippen LogP contribution in [0.5, 0.6) is 0 Å². The molecule has 0 aliphatic carbocycles. The van der Waals surface area contributed by atoms with Gasteiger partial charge in [0.15, 0.2) is 0 Å². The molecule has 1 aromatic carbocycles. The van der Waals surface area contributed by atoms with Gasteiger partial charge in [0, 0.05) is 37.4 Å². The lowest BCUT2D eigenvalue weighted by atomic mass is 10.1. The molecule has 3 rings (SSSR count). The average molecular weight is 532 g/mol. The van der Waals surface area contributed by atoms with Crippen molar-refractivity contribution in [1.82, 2.24) is 15.1 Å². The first-order valence-electron chi connectivity index (χ1n) is 11.6. The van der Waals surface area contributed by atoms with Gasteiger partial charge in [-0.3, -0.25) is 24.6 Å². The maximum Gasteiger partial charge on any atom is 0.410 e. The van der Waals surface area contributed by atoms with Crippen LogP contribution in [0, 0.1) is 5.82 Å². The Morgan fingerprint density at radius 1 is 1.11 bits per heavy atom. The number of hydrogen-bond donors (Lipinski definition) is 3. The summed E-state index contributed by atoms with van der Waals surface area (Å²) in [5, 5.41) is 7.32. The molecule has 0 saturated carbocycles. The highest BCUT2D eigenvalue weighted by molar-refractivity contribution is 6.01. The average Bonchev–Trinajstić information content (AvgIpc) is 2.73. The summed E-state index contributed by atoms with van der Waals surface area (Å²) in [6.45, 7) is 3.14. The normalized spacial score (nSPS) is 21.3. The van der Waals surface area contributed by atoms with Crippen molar-refractivity contribution >= 4 is 35.2 Å². The van der Waals surface area contributed by atoms with Crippen LogP contribution in [-0.2, 0) is 19.1 Å². The van der Waals surface area contributed by atoms with Crippen LogP contribution in [0.25, 0.3) is 0 Å². The third-order valence-electron chi connectivity index (χ3n) is 5.63. The molecule has 1 aromatic rings. The van der Waals surface area contributed by atoms with Gasteiger partial charge >= 0.3 is 12.3 Å². The molecule has 0 spiro atoms. The summed E-state index contributed by atoms with van der Waals surface area (Å²) in [7, 11) is 0. The van der Waals surface area contributed by atoms with Crippen LogP contribution < -0.4 is 16.0 Å². The number of hydrogen-bond acceptors (Lipinski definition) is 7. The van der Waals surface area contributed by atoms with E-state index in [9.17, 15) is 36.7 Å². The molecule has 2 fully saturated rings. The Morgan fingerprint density at radius 3 is 2.41 bits per heavy atom. The molecule has 2 atom stereocenters. The lowest BCUT2D eigenvalue weighted by Crippen LogP contribution is -2.61. The van der Waals surface area contributed by atoms with Gasteiger partial charge in [-0.1, -0.05) is 0 Å². The predicted octanol–water partition coefficient (Wildman–Crippen LogP) is 2.46. The highest BCUT2D eigenvalue weighted by Gasteiger charge is 2.48. The number of imide groups is 1. The van der Waals surface area contributed by atoms with E-state index in [4.69, 9.17) is 4.74 Å². The molecular formula is C23H29F4N5O5. The topological polar surface area (TPSA) is 120 Å². The lowest BCUT2D eigenvalue weighted by molar-refractivity contribution is -0.195. The highest BCUT2D eigenvalue weighted by atomic mass is 19.4. The zero-order chi connectivity index (χ0) is 27.5. The Kier molecular flexibility index (Phi) is 8.30. The van der Waals surface area contributed by atoms with Crippen LogP contribution >= 0.6 is 0 Å². The lowest BCUT2D eigenvalue weighted by Gasteiger charge is -2.41. The SMILES string of the molecule is CC(C)(C)OC(=O)N1CCN(CC(=O)Nc2cc(F)cc(NC3CCC(=O)NC3=O)c2)[C@@H](C(F)(F)F)C1. The van der Waals surface area contributed by atoms with Gasteiger partial charge in [-0.2, -0.15) is 13.2 Å². The number of halogens is 4. The second-order valence-corrected chi connectivity index (χ2v) is 9.88. The second-order valence-electron chi connectivity index (χ2n) is 9.88. The Morgan fingerprint density at radius 2 is 1.78 bits per heavy atom. The molecule has 204 valence electrons. The summed E-state index contributed by atoms with van der Waals surface area (Å²) in [5.41, 5.74) is -0.765. The molecule has 37 heavy (non-hydrogen) atoms. The summed E-state index contributed by atoms with van der Waals surface area (Å²) >= 11 is 0. The molecule has 4 amide bonds. The molecule has 0 radical (unpaired) electrons. The van der Waals surface area contributed by atoms with Crippen molar-refractivity contribution in [1.29, 1.82) is 0 Å². The number of piperidine rings is 1. The molecule has 2 aliphatic rings. The molecule has 10 nitrogen and oxygen atoms in total. The van der Waals surface area contributed by atoms with Crippen molar-refractivity contribution in [2.45, 2.75) is 57.5 Å². The summed E-state index contributed by atoms with van der Waals surface area (Å²) in [4.78, 5) is 49.9. The Balaban J connectivity index is 1.64. The maximum absolute atomic E-state index is 14.2. The minimum absolute atomic E-state index is 0.0317. The summed E-state index contributed by atoms with van der Waals surface area (Å²) < 4.78 is 60.6. The monoisotopic (exact) mass is 531 g/mol. The number of ether oxygens (including phenoxy) is 1. The van der Waals surface area contributed by atoms with E-state index in [-0.39, 0.29) is 37.3 Å². The number of nitrogens with one attached hydrogen (secondary N) is 3. The number of nitrogens with zero attached hydrogens (tertiary/aromatic N) is 2. The van der Waals surface area contributed by atoms with Crippen LogP contribution in [0.15, 0.2) is 18.2 Å². The number of rotatable bonds is 5. The first kappa shape index (κ1) is 28.2. The molecule has 2 aliphatic heterocycles. The fourth-order valence-electron chi connectivity index (χ4n) is 3.98. The minimum atomic E-state index is -4.72. The van der Waals surface area contributed by atoms with E-state index in [1.165, 1.54) is 6.07 Å². The number of alkyl halides is 3. The van der Waals surface area contributed by atoms with Gasteiger partial charge in [0.1, 0.15) is 23.5 Å². The Hall–Kier alpha value is -3.42. The molecule has 14 heteroatoms. The van der Waals surface area contributed by atoms with E-state index in [1.54, 1.807) is 20.8 Å². The summed E-state index contributed by atoms with van der Waals surface area (Å²) in [6.07, 6.45) is -5.30. The molecule has 0 aromatic heterocycles. The zero-order valence-corrected chi connectivity index (χ0v) is 20.6. The van der Waals surface area contributed by atoms with Crippen molar-refractivity contribution < 1.29 is 41.5 Å². The number of carbonyl (C=O) groups excluding carboxylic acids is 4. The standard InChI is InChI=1S/C23H29F4N5O5/c1-22(2,3)37-21(36)32-7-6-31(17(11-32)23(25,26)27)12-19(34)29-15-9-13(24)8-14(10-15)28-16-4-5-18(33)30-20(16)35/h8-10,16-17,28H,4-7,11-12H2,1-3H3,(H,29,34)(H,30,33,35)/t16?,17-/m1/s1. The third-order valence-corrected chi connectivity index (χ3v) is 5.63. The van der Waals surface area contributed by atoms with Crippen molar-refractivity contribution in [2.75, 3.05) is 36.8 Å². The van der Waals surface area contributed by atoms with Gasteiger partial charge in [0.05, 0.1) is 6.54 Å². The van der Waals surface area contributed by atoms with Crippen molar-refractivity contribution in [2.24, 2.45) is 0 Å². The van der Waals surface area contributed by atoms with E-state index in [2.05, 4.69) is 16.0 Å². The van der Waals surface area contributed by atoms with Crippen LogP contribution in [0.4, 0.5) is 33.7 Å². The number of carbonyl (C=O) groups is 4. The van der Waals surface area contributed by atoms with Crippen molar-refractivity contribution in [3.8, 4) is 0 Å². The van der Waals surface area contributed by atoms with E-state index in [0.29, 0.717) is 0 Å². The number of piperazine rings is 1. The van der Waals surface area contributed by atoms with Gasteiger partial charge in [0.2, 0.25) is 17.7 Å². The van der Waals surface area contributed by atoms with E-state index in [1.807, 2.05) is 0 Å². The number of benzene rings is 1. The predicted molar refractivity (Wildman–Crippen MR) is 124 cm³/mol. The third kappa shape index (κ3) is 8.03. The molecular weight excluding hydrogens is 502 g/mol. The van der Waals surface area contributed by atoms with Crippen LogP contribution in [0.1, 0.15) is 33.6 Å². The van der Waals surface area contributed by atoms with Gasteiger partial charge < -0.3 is 20.3 Å². The Labute approximate surface area is 210 Å². The fourth-order valence-corrected chi connectivity index (χ4v) is 3.98. The number of anilines is 2. The van der Waals surface area contributed by atoms with E-state index >= 15 is 0 Å². The second kappa shape index (κ2) is 10.9. The first-order valence-corrected chi connectivity index (χ1v) is 11.6. The molecule has 2 heterocycles. The van der Waals surface area contributed by atoms with Gasteiger partial charge in [-0.15, -0.1) is 0 Å². The largest absolute Gasteiger partial charge is 0.444 e. The van der Waals surface area contributed by atoms with Gasteiger partial charge in [-0.25, -0.2) is 9.18 Å². The maximum atomic E-state index is 14.2. The molecule has 2 saturated heterocycles. The molecule has 1 unspecified atom stereocenters. The van der Waals surface area contributed by atoms with Crippen LogP contribution in [0.2, 0.25) is 0 Å². The Bertz CT molecular complexity index is 1060. The highest BCUT2D eigenvalue weighted by Crippen LogP contribution is 2.29. The number of amides is 4. The van der Waals surface area contributed by atoms with Crippen molar-refractivity contribution in [3.05, 3.63) is 24.0 Å². The summed E-state index contributed by atoms with van der Waals surface area (Å²) in [6, 6.07) is 0.491. The minimum Gasteiger partial charge on any atom is -0.444 e. The van der Waals surface area contributed by atoms with E-state index in [0.717, 1.165) is 21.9 Å². The molecule has 3 N–H and O–H groups in total. The summed E-state index contributed by atoms with van der Waals surface area (Å²) in [5.74, 6) is -2.57. The van der Waals surface area contributed by atoms with Gasteiger partial charge in [0.25, 0.3) is 0 Å². The first-order chi connectivity index (χ1) is 17.1.